The number of carboxylic acids is 1. The molecular weight excluding hydrogens is 234 g/mol. The molecule has 6 nitrogen and oxygen atoms in total. The van der Waals surface area contributed by atoms with Gasteiger partial charge in [-0.15, -0.1) is 0 Å². The van der Waals surface area contributed by atoms with E-state index in [4.69, 9.17) is 5.11 Å². The zero-order valence-corrected chi connectivity index (χ0v) is 10.9. The van der Waals surface area contributed by atoms with E-state index in [0.29, 0.717) is 12.1 Å². The topological polar surface area (TPSA) is 84.2 Å². The molecule has 1 amide bonds. The van der Waals surface area contributed by atoms with Gasteiger partial charge in [-0.3, -0.25) is 14.3 Å². The molecule has 1 rings (SSSR count). The molecule has 0 aromatic carbocycles. The standard InChI is InChI=1S/C12H19N3O3/c1-4-5-9(12(17)18)7-13-11(16)10-6-8(2)15(3)14-10/h6,9H,4-5,7H2,1-3H3,(H,13,16)(H,17,18). The summed E-state index contributed by atoms with van der Waals surface area (Å²) in [6.07, 6.45) is 1.33. The van der Waals surface area contributed by atoms with Gasteiger partial charge in [0, 0.05) is 19.3 Å². The number of carboxylic acid groups (broad SMARTS) is 1. The largest absolute Gasteiger partial charge is 0.481 e. The van der Waals surface area contributed by atoms with Gasteiger partial charge in [0.25, 0.3) is 5.91 Å². The van der Waals surface area contributed by atoms with Gasteiger partial charge in [0.1, 0.15) is 5.69 Å². The molecule has 0 aliphatic rings. The van der Waals surface area contributed by atoms with Gasteiger partial charge in [0.05, 0.1) is 5.92 Å². The highest BCUT2D eigenvalue weighted by molar-refractivity contribution is 5.92. The Hall–Kier alpha value is -1.85. The average Bonchev–Trinajstić information content (AvgIpc) is 2.64. The number of hydrogen-bond donors (Lipinski definition) is 2. The summed E-state index contributed by atoms with van der Waals surface area (Å²) in [6.45, 7) is 3.90. The van der Waals surface area contributed by atoms with E-state index in [1.165, 1.54) is 0 Å². The number of nitrogens with one attached hydrogen (secondary N) is 1. The van der Waals surface area contributed by atoms with Crippen LogP contribution in [0.2, 0.25) is 0 Å². The third-order valence-electron chi connectivity index (χ3n) is 2.84. The molecule has 0 aliphatic heterocycles. The summed E-state index contributed by atoms with van der Waals surface area (Å²) in [7, 11) is 1.75. The maximum absolute atomic E-state index is 11.8. The average molecular weight is 253 g/mol. The molecule has 6 heteroatoms. The summed E-state index contributed by atoms with van der Waals surface area (Å²) >= 11 is 0. The van der Waals surface area contributed by atoms with Gasteiger partial charge in [-0.05, 0) is 19.4 Å². The van der Waals surface area contributed by atoms with Crippen LogP contribution in [-0.2, 0) is 11.8 Å². The van der Waals surface area contributed by atoms with Crippen LogP contribution in [0.5, 0.6) is 0 Å². The maximum Gasteiger partial charge on any atom is 0.308 e. The van der Waals surface area contributed by atoms with Gasteiger partial charge in [-0.2, -0.15) is 5.10 Å². The van der Waals surface area contributed by atoms with Crippen LogP contribution in [0.15, 0.2) is 6.07 Å². The Morgan fingerprint density at radius 3 is 2.67 bits per heavy atom. The van der Waals surface area contributed by atoms with Gasteiger partial charge in [-0.1, -0.05) is 13.3 Å². The number of carbonyl (C=O) groups excluding carboxylic acids is 1. The number of hydrogen-bond acceptors (Lipinski definition) is 3. The fourth-order valence-electron chi connectivity index (χ4n) is 1.64. The Labute approximate surface area is 106 Å². The van der Waals surface area contributed by atoms with E-state index in [0.717, 1.165) is 12.1 Å². The summed E-state index contributed by atoms with van der Waals surface area (Å²) in [5.74, 6) is -1.75. The third-order valence-corrected chi connectivity index (χ3v) is 2.84. The third kappa shape index (κ3) is 3.58. The molecule has 1 aromatic rings. The maximum atomic E-state index is 11.8. The minimum Gasteiger partial charge on any atom is -0.481 e. The van der Waals surface area contributed by atoms with Crippen LogP contribution in [0.3, 0.4) is 0 Å². The van der Waals surface area contributed by atoms with Crippen molar-refractivity contribution in [1.82, 2.24) is 15.1 Å². The first-order valence-corrected chi connectivity index (χ1v) is 5.97. The van der Waals surface area contributed by atoms with E-state index in [1.54, 1.807) is 17.8 Å². The van der Waals surface area contributed by atoms with Crippen LogP contribution in [0.25, 0.3) is 0 Å². The predicted octanol–water partition coefficient (Wildman–Crippen LogP) is 0.959. The minimum atomic E-state index is -0.880. The van der Waals surface area contributed by atoms with Crippen molar-refractivity contribution in [1.29, 1.82) is 0 Å². The van der Waals surface area contributed by atoms with E-state index >= 15 is 0 Å². The first kappa shape index (κ1) is 14.2. The second-order valence-electron chi connectivity index (χ2n) is 4.33. The lowest BCUT2D eigenvalue weighted by molar-refractivity contribution is -0.141. The number of nitrogens with zero attached hydrogens (tertiary/aromatic N) is 2. The Kier molecular flexibility index (Phi) is 4.88. The van der Waals surface area contributed by atoms with Crippen LogP contribution < -0.4 is 5.32 Å². The molecule has 18 heavy (non-hydrogen) atoms. The van der Waals surface area contributed by atoms with Crippen molar-refractivity contribution in [3.05, 3.63) is 17.5 Å². The lowest BCUT2D eigenvalue weighted by Crippen LogP contribution is -2.33. The molecule has 1 unspecified atom stereocenters. The van der Waals surface area contributed by atoms with Crippen molar-refractivity contribution in [2.75, 3.05) is 6.54 Å². The molecule has 0 saturated heterocycles. The quantitative estimate of drug-likeness (QED) is 0.790. The SMILES string of the molecule is CCCC(CNC(=O)c1cc(C)n(C)n1)C(=O)O. The van der Waals surface area contributed by atoms with Gasteiger partial charge in [-0.25, -0.2) is 0 Å². The molecule has 0 radical (unpaired) electrons. The second-order valence-corrected chi connectivity index (χ2v) is 4.33. The number of amides is 1. The Bertz CT molecular complexity index is 420. The van der Waals surface area contributed by atoms with Crippen molar-refractivity contribution in [2.45, 2.75) is 26.7 Å². The van der Waals surface area contributed by atoms with Gasteiger partial charge >= 0.3 is 5.97 Å². The van der Waals surface area contributed by atoms with Crippen molar-refractivity contribution in [3.63, 3.8) is 0 Å². The first-order chi connectivity index (χ1) is 8.45. The smallest absolute Gasteiger partial charge is 0.308 e. The fourth-order valence-corrected chi connectivity index (χ4v) is 1.64. The highest BCUT2D eigenvalue weighted by Crippen LogP contribution is 2.06. The molecule has 1 atom stereocenters. The zero-order chi connectivity index (χ0) is 13.7. The minimum absolute atomic E-state index is 0.137. The second kappa shape index (κ2) is 6.18. The molecule has 0 saturated carbocycles. The van der Waals surface area contributed by atoms with Crippen molar-refractivity contribution >= 4 is 11.9 Å². The van der Waals surface area contributed by atoms with E-state index in [-0.39, 0.29) is 12.5 Å². The summed E-state index contributed by atoms with van der Waals surface area (Å²) < 4.78 is 1.61. The highest BCUT2D eigenvalue weighted by Gasteiger charge is 2.18. The molecule has 2 N–H and O–H groups in total. The number of aromatic nitrogens is 2. The monoisotopic (exact) mass is 253 g/mol. The Morgan fingerprint density at radius 2 is 2.22 bits per heavy atom. The normalized spacial score (nSPS) is 12.2. The summed E-state index contributed by atoms with van der Waals surface area (Å²) in [5, 5.41) is 15.6. The van der Waals surface area contributed by atoms with Crippen LogP contribution in [-0.4, -0.2) is 33.3 Å². The zero-order valence-electron chi connectivity index (χ0n) is 10.9. The van der Waals surface area contributed by atoms with E-state index < -0.39 is 11.9 Å². The molecule has 0 bridgehead atoms. The number of carbonyl (C=O) groups is 2. The van der Waals surface area contributed by atoms with Crippen LogP contribution in [0, 0.1) is 12.8 Å². The van der Waals surface area contributed by atoms with Crippen LogP contribution in [0.4, 0.5) is 0 Å². The highest BCUT2D eigenvalue weighted by atomic mass is 16.4. The number of aryl methyl sites for hydroxylation is 2. The molecular formula is C12H19N3O3. The summed E-state index contributed by atoms with van der Waals surface area (Å²) in [4.78, 5) is 22.7. The summed E-state index contributed by atoms with van der Waals surface area (Å²) in [6, 6.07) is 1.67. The van der Waals surface area contributed by atoms with Gasteiger partial charge in [0.2, 0.25) is 0 Å². The first-order valence-electron chi connectivity index (χ1n) is 5.97. The van der Waals surface area contributed by atoms with Gasteiger partial charge < -0.3 is 10.4 Å². The lowest BCUT2D eigenvalue weighted by atomic mass is 10.0. The van der Waals surface area contributed by atoms with Crippen molar-refractivity contribution in [3.8, 4) is 0 Å². The fraction of sp³-hybridized carbons (Fsp3) is 0.583. The Morgan fingerprint density at radius 1 is 1.56 bits per heavy atom. The summed E-state index contributed by atoms with van der Waals surface area (Å²) in [5.41, 5.74) is 1.19. The predicted molar refractivity (Wildman–Crippen MR) is 66.3 cm³/mol. The van der Waals surface area contributed by atoms with Gasteiger partial charge in [0.15, 0.2) is 0 Å². The molecule has 0 spiro atoms. The number of rotatable bonds is 6. The molecule has 100 valence electrons. The Balaban J connectivity index is 2.57. The van der Waals surface area contributed by atoms with Crippen molar-refractivity contribution < 1.29 is 14.7 Å². The van der Waals surface area contributed by atoms with Crippen LogP contribution in [0.1, 0.15) is 35.9 Å². The molecule has 0 fully saturated rings. The van der Waals surface area contributed by atoms with E-state index in [1.807, 2.05) is 13.8 Å². The number of aliphatic carboxylic acids is 1. The molecule has 1 heterocycles. The van der Waals surface area contributed by atoms with Crippen molar-refractivity contribution in [2.24, 2.45) is 13.0 Å². The van der Waals surface area contributed by atoms with E-state index in [2.05, 4.69) is 10.4 Å². The lowest BCUT2D eigenvalue weighted by Gasteiger charge is -2.11. The van der Waals surface area contributed by atoms with Crippen LogP contribution >= 0.6 is 0 Å². The molecule has 1 aromatic heterocycles. The van der Waals surface area contributed by atoms with E-state index in [9.17, 15) is 9.59 Å². The molecule has 0 aliphatic carbocycles.